The smallest absolute Gasteiger partial charge is 0.315 e. The van der Waals surface area contributed by atoms with Crippen molar-refractivity contribution in [1.29, 1.82) is 0 Å². The molecule has 0 aliphatic heterocycles. The number of nitrogens with zero attached hydrogens (tertiary/aromatic N) is 1. The number of aromatic nitrogens is 1. The summed E-state index contributed by atoms with van der Waals surface area (Å²) < 4.78 is 1.64. The van der Waals surface area contributed by atoms with E-state index < -0.39 is 0 Å². The number of pyridine rings is 1. The second-order valence-electron chi connectivity index (χ2n) is 7.44. The molecule has 1 fully saturated rings. The molecule has 1 aromatic rings. The van der Waals surface area contributed by atoms with Gasteiger partial charge in [-0.3, -0.25) is 4.79 Å². The lowest BCUT2D eigenvalue weighted by atomic mass is 9.70. The van der Waals surface area contributed by atoms with E-state index in [-0.39, 0.29) is 24.2 Å². The van der Waals surface area contributed by atoms with E-state index in [2.05, 4.69) is 31.4 Å². The number of nitrogens with one attached hydrogen (secondary N) is 2. The standard InChI is InChI=1S/C18H29N3O2/c1-5-21-10-6-7-14(16(21)22)12-19-17(23)20-15-8-9-18(3,4)11-13(15)2/h6-7,10,13,15H,5,8-9,11-12H2,1-4H3,(H2,19,20,23). The molecule has 1 aliphatic carbocycles. The molecule has 0 saturated heterocycles. The van der Waals surface area contributed by atoms with Crippen molar-refractivity contribution in [2.24, 2.45) is 11.3 Å². The predicted octanol–water partition coefficient (Wildman–Crippen LogP) is 2.88. The average Bonchev–Trinajstić information content (AvgIpc) is 2.48. The number of urea groups is 1. The lowest BCUT2D eigenvalue weighted by molar-refractivity contribution is 0.149. The second-order valence-corrected chi connectivity index (χ2v) is 7.44. The number of hydrogen-bond donors (Lipinski definition) is 2. The van der Waals surface area contributed by atoms with Crippen molar-refractivity contribution in [3.05, 3.63) is 34.2 Å². The molecule has 2 N–H and O–H groups in total. The third kappa shape index (κ3) is 4.60. The molecule has 1 heterocycles. The van der Waals surface area contributed by atoms with Crippen LogP contribution in [0.15, 0.2) is 23.1 Å². The van der Waals surface area contributed by atoms with Crippen LogP contribution in [0, 0.1) is 11.3 Å². The summed E-state index contributed by atoms with van der Waals surface area (Å²) in [6.45, 7) is 9.59. The van der Waals surface area contributed by atoms with E-state index in [4.69, 9.17) is 0 Å². The molecule has 0 bridgehead atoms. The number of rotatable bonds is 4. The van der Waals surface area contributed by atoms with Gasteiger partial charge < -0.3 is 15.2 Å². The van der Waals surface area contributed by atoms with Crippen molar-refractivity contribution >= 4 is 6.03 Å². The highest BCUT2D eigenvalue weighted by Crippen LogP contribution is 2.38. The number of carbonyl (C=O) groups is 1. The predicted molar refractivity (Wildman–Crippen MR) is 92.3 cm³/mol. The van der Waals surface area contributed by atoms with Crippen molar-refractivity contribution in [2.75, 3.05) is 0 Å². The van der Waals surface area contributed by atoms with Gasteiger partial charge in [-0.15, -0.1) is 0 Å². The van der Waals surface area contributed by atoms with Crippen LogP contribution in [0.25, 0.3) is 0 Å². The first-order valence-electron chi connectivity index (χ1n) is 8.55. The van der Waals surface area contributed by atoms with Crippen LogP contribution in [-0.2, 0) is 13.1 Å². The summed E-state index contributed by atoms with van der Waals surface area (Å²) in [6.07, 6.45) is 5.02. The lowest BCUT2D eigenvalue weighted by Crippen LogP contribution is -2.48. The summed E-state index contributed by atoms with van der Waals surface area (Å²) in [4.78, 5) is 24.2. The highest BCUT2D eigenvalue weighted by atomic mass is 16.2. The van der Waals surface area contributed by atoms with Crippen molar-refractivity contribution in [2.45, 2.75) is 66.1 Å². The summed E-state index contributed by atoms with van der Waals surface area (Å²) in [5.41, 5.74) is 0.939. The molecule has 1 saturated carbocycles. The van der Waals surface area contributed by atoms with Crippen molar-refractivity contribution < 1.29 is 4.79 Å². The molecule has 0 aromatic carbocycles. The van der Waals surface area contributed by atoms with Crippen LogP contribution in [0.5, 0.6) is 0 Å². The van der Waals surface area contributed by atoms with Gasteiger partial charge in [-0.25, -0.2) is 4.79 Å². The SMILES string of the molecule is CCn1cccc(CNC(=O)NC2CCC(C)(C)CC2C)c1=O. The molecule has 23 heavy (non-hydrogen) atoms. The molecular weight excluding hydrogens is 290 g/mol. The maximum absolute atomic E-state index is 12.1. The molecule has 1 aromatic heterocycles. The molecule has 2 unspecified atom stereocenters. The third-order valence-corrected chi connectivity index (χ3v) is 4.89. The van der Waals surface area contributed by atoms with Gasteiger partial charge in [-0.2, -0.15) is 0 Å². The molecule has 2 amide bonds. The van der Waals surface area contributed by atoms with E-state index in [9.17, 15) is 9.59 Å². The maximum Gasteiger partial charge on any atom is 0.315 e. The minimum absolute atomic E-state index is 0.0388. The molecule has 2 atom stereocenters. The van der Waals surface area contributed by atoms with Crippen molar-refractivity contribution in [1.82, 2.24) is 15.2 Å². The molecule has 5 heteroatoms. The zero-order valence-electron chi connectivity index (χ0n) is 14.7. The van der Waals surface area contributed by atoms with Gasteiger partial charge in [0.25, 0.3) is 5.56 Å². The maximum atomic E-state index is 12.1. The monoisotopic (exact) mass is 319 g/mol. The Morgan fingerprint density at radius 1 is 1.43 bits per heavy atom. The van der Waals surface area contributed by atoms with E-state index in [1.165, 1.54) is 0 Å². The quantitative estimate of drug-likeness (QED) is 0.896. The third-order valence-electron chi connectivity index (χ3n) is 4.89. The number of amides is 2. The molecule has 1 aliphatic rings. The summed E-state index contributed by atoms with van der Waals surface area (Å²) in [6, 6.07) is 3.63. The lowest BCUT2D eigenvalue weighted by Gasteiger charge is -2.39. The van der Waals surface area contributed by atoms with Gasteiger partial charge in [0, 0.05) is 30.9 Å². The highest BCUT2D eigenvalue weighted by Gasteiger charge is 2.32. The first kappa shape index (κ1) is 17.6. The second kappa shape index (κ2) is 7.20. The van der Waals surface area contributed by atoms with Gasteiger partial charge >= 0.3 is 6.03 Å². The molecule has 0 spiro atoms. The molecule has 5 nitrogen and oxygen atoms in total. The van der Waals surface area contributed by atoms with Gasteiger partial charge in [0.1, 0.15) is 0 Å². The van der Waals surface area contributed by atoms with E-state index in [0.29, 0.717) is 23.4 Å². The minimum Gasteiger partial charge on any atom is -0.335 e. The van der Waals surface area contributed by atoms with E-state index in [1.54, 1.807) is 16.8 Å². The van der Waals surface area contributed by atoms with Gasteiger partial charge in [0.2, 0.25) is 0 Å². The zero-order valence-corrected chi connectivity index (χ0v) is 14.7. The average molecular weight is 319 g/mol. The largest absolute Gasteiger partial charge is 0.335 e. The number of hydrogen-bond acceptors (Lipinski definition) is 2. The van der Waals surface area contributed by atoms with Gasteiger partial charge in [0.15, 0.2) is 0 Å². The fraction of sp³-hybridized carbons (Fsp3) is 0.667. The summed E-state index contributed by atoms with van der Waals surface area (Å²) in [5.74, 6) is 0.471. The molecule has 2 rings (SSSR count). The molecule has 0 radical (unpaired) electrons. The van der Waals surface area contributed by atoms with Gasteiger partial charge in [-0.05, 0) is 43.6 Å². The van der Waals surface area contributed by atoms with Gasteiger partial charge in [-0.1, -0.05) is 26.8 Å². The summed E-state index contributed by atoms with van der Waals surface area (Å²) in [5, 5.41) is 5.88. The van der Waals surface area contributed by atoms with Crippen LogP contribution < -0.4 is 16.2 Å². The first-order valence-corrected chi connectivity index (χ1v) is 8.55. The van der Waals surface area contributed by atoms with Crippen LogP contribution in [-0.4, -0.2) is 16.6 Å². The Morgan fingerprint density at radius 3 is 2.83 bits per heavy atom. The van der Waals surface area contributed by atoms with E-state index in [0.717, 1.165) is 19.3 Å². The van der Waals surface area contributed by atoms with Crippen LogP contribution in [0.3, 0.4) is 0 Å². The zero-order chi connectivity index (χ0) is 17.0. The first-order chi connectivity index (χ1) is 10.8. The molecular formula is C18H29N3O2. The number of carbonyl (C=O) groups excluding carboxylic acids is 1. The Morgan fingerprint density at radius 2 is 2.17 bits per heavy atom. The van der Waals surface area contributed by atoms with Crippen LogP contribution in [0.4, 0.5) is 4.79 Å². The van der Waals surface area contributed by atoms with E-state index in [1.807, 2.05) is 13.0 Å². The van der Waals surface area contributed by atoms with Crippen molar-refractivity contribution in [3.8, 4) is 0 Å². The van der Waals surface area contributed by atoms with Crippen LogP contribution in [0.1, 0.15) is 52.5 Å². The van der Waals surface area contributed by atoms with Crippen molar-refractivity contribution in [3.63, 3.8) is 0 Å². The summed E-state index contributed by atoms with van der Waals surface area (Å²) >= 11 is 0. The Bertz CT molecular complexity index is 607. The fourth-order valence-corrected chi connectivity index (χ4v) is 3.53. The summed E-state index contributed by atoms with van der Waals surface area (Å²) in [7, 11) is 0. The Balaban J connectivity index is 1.88. The van der Waals surface area contributed by atoms with Crippen LogP contribution >= 0.6 is 0 Å². The normalized spacial score (nSPS) is 23.3. The Labute approximate surface area is 138 Å². The number of aryl methyl sites for hydroxylation is 1. The Hall–Kier alpha value is -1.78. The topological polar surface area (TPSA) is 63.1 Å². The fourth-order valence-electron chi connectivity index (χ4n) is 3.53. The van der Waals surface area contributed by atoms with E-state index >= 15 is 0 Å². The van der Waals surface area contributed by atoms with Crippen LogP contribution in [0.2, 0.25) is 0 Å². The highest BCUT2D eigenvalue weighted by molar-refractivity contribution is 5.74. The molecule has 128 valence electrons. The van der Waals surface area contributed by atoms with Gasteiger partial charge in [0.05, 0.1) is 0 Å². The Kier molecular flexibility index (Phi) is 5.50. The minimum atomic E-state index is -0.187.